The van der Waals surface area contributed by atoms with E-state index < -0.39 is 0 Å². The second-order valence-corrected chi connectivity index (χ2v) is 4.66. The molecule has 2 unspecified atom stereocenters. The van der Waals surface area contributed by atoms with Crippen LogP contribution in [0.4, 0.5) is 0 Å². The van der Waals surface area contributed by atoms with Gasteiger partial charge in [-0.2, -0.15) is 0 Å². The van der Waals surface area contributed by atoms with E-state index in [-0.39, 0.29) is 0 Å². The fraction of sp³-hybridized carbons (Fsp3) is 0.533. The Labute approximate surface area is 98.3 Å². The number of nitrogens with zero attached hydrogens (tertiary/aromatic N) is 1. The molecule has 1 aliphatic rings. The van der Waals surface area contributed by atoms with Crippen LogP contribution in [0, 0.1) is 23.2 Å². The molecule has 0 aliphatic heterocycles. The zero-order valence-corrected chi connectivity index (χ0v) is 10.2. The normalized spacial score (nSPS) is 27.0. The average Bonchev–Trinajstić information content (AvgIpc) is 3.03. The highest BCUT2D eigenvalue weighted by molar-refractivity contribution is 5.33. The Balaban J connectivity index is 2.07. The van der Waals surface area contributed by atoms with E-state index in [1.54, 1.807) is 6.20 Å². The first-order chi connectivity index (χ1) is 7.80. The maximum atomic E-state index is 4.24. The predicted molar refractivity (Wildman–Crippen MR) is 66.9 cm³/mol. The standard InChI is InChI=1S/C15H19N/c1-3-7-13-12-15(13,4-2)10-9-14-8-5-6-11-16-14/h5-6,8,11,13H,3-4,7,12H2,1-2H3. The quantitative estimate of drug-likeness (QED) is 0.698. The Kier molecular flexibility index (Phi) is 3.29. The van der Waals surface area contributed by atoms with E-state index in [9.17, 15) is 0 Å². The van der Waals surface area contributed by atoms with Crippen molar-refractivity contribution in [3.8, 4) is 11.8 Å². The molecule has 84 valence electrons. The highest BCUT2D eigenvalue weighted by Crippen LogP contribution is 2.56. The zero-order valence-electron chi connectivity index (χ0n) is 10.2. The van der Waals surface area contributed by atoms with Gasteiger partial charge in [-0.25, -0.2) is 4.98 Å². The Morgan fingerprint density at radius 2 is 2.31 bits per heavy atom. The van der Waals surface area contributed by atoms with Crippen molar-refractivity contribution in [1.82, 2.24) is 4.98 Å². The van der Waals surface area contributed by atoms with Crippen LogP contribution in [0.1, 0.15) is 45.2 Å². The maximum absolute atomic E-state index is 4.24. The molecule has 1 aromatic rings. The molecule has 16 heavy (non-hydrogen) atoms. The van der Waals surface area contributed by atoms with E-state index in [1.807, 2.05) is 18.2 Å². The van der Waals surface area contributed by atoms with Gasteiger partial charge in [0.1, 0.15) is 5.69 Å². The zero-order chi connectivity index (χ0) is 11.4. The Hall–Kier alpha value is -1.29. The monoisotopic (exact) mass is 213 g/mol. The molecule has 0 spiro atoms. The van der Waals surface area contributed by atoms with Gasteiger partial charge in [-0.3, -0.25) is 0 Å². The number of pyridine rings is 1. The minimum atomic E-state index is 0.313. The molecule has 1 heteroatoms. The first-order valence-corrected chi connectivity index (χ1v) is 6.25. The van der Waals surface area contributed by atoms with Crippen LogP contribution in [0.25, 0.3) is 0 Å². The van der Waals surface area contributed by atoms with Crippen molar-refractivity contribution >= 4 is 0 Å². The lowest BCUT2D eigenvalue weighted by molar-refractivity contribution is 0.536. The summed E-state index contributed by atoms with van der Waals surface area (Å²) in [5.41, 5.74) is 1.21. The minimum Gasteiger partial charge on any atom is -0.248 e. The molecule has 0 saturated heterocycles. The number of hydrogen-bond donors (Lipinski definition) is 0. The van der Waals surface area contributed by atoms with Crippen molar-refractivity contribution in [2.45, 2.75) is 39.5 Å². The lowest BCUT2D eigenvalue weighted by Gasteiger charge is -2.05. The summed E-state index contributed by atoms with van der Waals surface area (Å²) in [6.07, 6.45) is 6.87. The van der Waals surface area contributed by atoms with Gasteiger partial charge in [0, 0.05) is 11.6 Å². The SMILES string of the molecule is CCCC1CC1(C#Cc1ccccn1)CC. The van der Waals surface area contributed by atoms with Crippen molar-refractivity contribution < 1.29 is 0 Å². The molecular weight excluding hydrogens is 194 g/mol. The molecule has 1 aromatic heterocycles. The van der Waals surface area contributed by atoms with Gasteiger partial charge in [0.15, 0.2) is 0 Å². The largest absolute Gasteiger partial charge is 0.248 e. The topological polar surface area (TPSA) is 12.9 Å². The summed E-state index contributed by atoms with van der Waals surface area (Å²) in [7, 11) is 0. The molecule has 0 N–H and O–H groups in total. The predicted octanol–water partition coefficient (Wildman–Crippen LogP) is 3.65. The maximum Gasteiger partial charge on any atom is 0.113 e. The van der Waals surface area contributed by atoms with Gasteiger partial charge in [-0.1, -0.05) is 32.3 Å². The summed E-state index contributed by atoms with van der Waals surface area (Å²) >= 11 is 0. The Morgan fingerprint density at radius 1 is 1.44 bits per heavy atom. The van der Waals surface area contributed by atoms with Crippen LogP contribution < -0.4 is 0 Å². The highest BCUT2D eigenvalue weighted by atomic mass is 14.6. The van der Waals surface area contributed by atoms with E-state index in [4.69, 9.17) is 0 Å². The molecule has 1 nitrogen and oxygen atoms in total. The molecule has 0 amide bonds. The molecule has 1 saturated carbocycles. The van der Waals surface area contributed by atoms with Crippen molar-refractivity contribution in [3.05, 3.63) is 30.1 Å². The van der Waals surface area contributed by atoms with Gasteiger partial charge in [-0.05, 0) is 43.2 Å². The van der Waals surface area contributed by atoms with Crippen LogP contribution in [0.5, 0.6) is 0 Å². The average molecular weight is 213 g/mol. The van der Waals surface area contributed by atoms with Gasteiger partial charge >= 0.3 is 0 Å². The van der Waals surface area contributed by atoms with Crippen LogP contribution >= 0.6 is 0 Å². The minimum absolute atomic E-state index is 0.313. The number of aromatic nitrogens is 1. The Bertz CT molecular complexity index is 398. The van der Waals surface area contributed by atoms with Crippen LogP contribution in [-0.2, 0) is 0 Å². The molecule has 0 radical (unpaired) electrons. The van der Waals surface area contributed by atoms with Crippen LogP contribution in [0.2, 0.25) is 0 Å². The fourth-order valence-corrected chi connectivity index (χ4v) is 2.41. The molecule has 2 atom stereocenters. The summed E-state index contributed by atoms with van der Waals surface area (Å²) in [5, 5.41) is 0. The molecule has 1 heterocycles. The smallest absolute Gasteiger partial charge is 0.113 e. The van der Waals surface area contributed by atoms with Crippen LogP contribution in [0.3, 0.4) is 0 Å². The van der Waals surface area contributed by atoms with Gasteiger partial charge in [-0.15, -0.1) is 0 Å². The van der Waals surface area contributed by atoms with E-state index in [0.717, 1.165) is 11.6 Å². The van der Waals surface area contributed by atoms with Crippen LogP contribution in [-0.4, -0.2) is 4.98 Å². The fourth-order valence-electron chi connectivity index (χ4n) is 2.41. The van der Waals surface area contributed by atoms with Crippen LogP contribution in [0.15, 0.2) is 24.4 Å². The third-order valence-electron chi connectivity index (χ3n) is 3.60. The summed E-state index contributed by atoms with van der Waals surface area (Å²) in [6.45, 7) is 4.51. The van der Waals surface area contributed by atoms with E-state index in [1.165, 1.54) is 25.7 Å². The van der Waals surface area contributed by atoms with Gasteiger partial charge in [0.2, 0.25) is 0 Å². The third-order valence-corrected chi connectivity index (χ3v) is 3.60. The van der Waals surface area contributed by atoms with E-state index in [0.29, 0.717) is 5.41 Å². The first kappa shape index (κ1) is 11.2. The van der Waals surface area contributed by atoms with Gasteiger partial charge < -0.3 is 0 Å². The molecule has 1 aliphatic carbocycles. The molecular formula is C15H19N. The summed E-state index contributed by atoms with van der Waals surface area (Å²) in [6, 6.07) is 5.90. The summed E-state index contributed by atoms with van der Waals surface area (Å²) < 4.78 is 0. The van der Waals surface area contributed by atoms with Crippen molar-refractivity contribution in [2.75, 3.05) is 0 Å². The van der Waals surface area contributed by atoms with Gasteiger partial charge in [0.05, 0.1) is 0 Å². The van der Waals surface area contributed by atoms with Gasteiger partial charge in [0.25, 0.3) is 0 Å². The van der Waals surface area contributed by atoms with Crippen molar-refractivity contribution in [3.63, 3.8) is 0 Å². The second-order valence-electron chi connectivity index (χ2n) is 4.66. The number of hydrogen-bond acceptors (Lipinski definition) is 1. The molecule has 0 aromatic carbocycles. The van der Waals surface area contributed by atoms with E-state index >= 15 is 0 Å². The first-order valence-electron chi connectivity index (χ1n) is 6.25. The molecule has 2 rings (SSSR count). The summed E-state index contributed by atoms with van der Waals surface area (Å²) in [4.78, 5) is 4.24. The highest BCUT2D eigenvalue weighted by Gasteiger charge is 2.50. The van der Waals surface area contributed by atoms with E-state index in [2.05, 4.69) is 30.7 Å². The lowest BCUT2D eigenvalue weighted by atomic mass is 9.98. The Morgan fingerprint density at radius 3 is 2.94 bits per heavy atom. The number of rotatable bonds is 3. The third kappa shape index (κ3) is 2.27. The second kappa shape index (κ2) is 4.70. The molecule has 1 fully saturated rings. The van der Waals surface area contributed by atoms with Crippen molar-refractivity contribution in [1.29, 1.82) is 0 Å². The molecule has 0 bridgehead atoms. The lowest BCUT2D eigenvalue weighted by Crippen LogP contribution is -1.99. The van der Waals surface area contributed by atoms with Crippen molar-refractivity contribution in [2.24, 2.45) is 11.3 Å². The summed E-state index contributed by atoms with van der Waals surface area (Å²) in [5.74, 6) is 7.52.